The average molecular weight is 246 g/mol. The van der Waals surface area contributed by atoms with E-state index in [9.17, 15) is 4.79 Å². The third-order valence-electron chi connectivity index (χ3n) is 2.51. The summed E-state index contributed by atoms with van der Waals surface area (Å²) in [6, 6.07) is 9.94. The summed E-state index contributed by atoms with van der Waals surface area (Å²) in [6.45, 7) is 8.18. The van der Waals surface area contributed by atoms with Gasteiger partial charge in [-0.15, -0.1) is 0 Å². The van der Waals surface area contributed by atoms with Crippen LogP contribution in [0.2, 0.25) is 0 Å². The molecule has 0 aliphatic heterocycles. The average Bonchev–Trinajstić information content (AvgIpc) is 2.29. The number of hydrazone groups is 1. The van der Waals surface area contributed by atoms with Crippen molar-refractivity contribution in [3.8, 4) is 0 Å². The zero-order chi connectivity index (χ0) is 13.5. The van der Waals surface area contributed by atoms with Crippen molar-refractivity contribution in [3.05, 3.63) is 35.9 Å². The van der Waals surface area contributed by atoms with Crippen LogP contribution in [0.4, 0.5) is 0 Å². The normalized spacial score (nSPS) is 12.0. The minimum Gasteiger partial charge on any atom is -0.273 e. The second kappa shape index (κ2) is 6.94. The van der Waals surface area contributed by atoms with E-state index in [0.29, 0.717) is 12.3 Å². The maximum Gasteiger partial charge on any atom is 0.240 e. The Morgan fingerprint density at radius 3 is 2.28 bits per heavy atom. The van der Waals surface area contributed by atoms with Crippen LogP contribution in [0.1, 0.15) is 39.7 Å². The fraction of sp³-hybridized carbons (Fsp3) is 0.467. The van der Waals surface area contributed by atoms with Gasteiger partial charge in [0.05, 0.1) is 5.71 Å². The summed E-state index contributed by atoms with van der Waals surface area (Å²) in [5, 5.41) is 4.26. The molecule has 1 rings (SSSR count). The van der Waals surface area contributed by atoms with E-state index in [1.807, 2.05) is 44.2 Å². The van der Waals surface area contributed by atoms with Crippen LogP contribution in [-0.4, -0.2) is 11.6 Å². The smallest absolute Gasteiger partial charge is 0.240 e. The minimum atomic E-state index is -0.0286. The monoisotopic (exact) mass is 246 g/mol. The van der Waals surface area contributed by atoms with Crippen LogP contribution in [-0.2, 0) is 4.79 Å². The van der Waals surface area contributed by atoms with Crippen LogP contribution in [0.3, 0.4) is 0 Å². The number of benzene rings is 1. The maximum atomic E-state index is 11.6. The van der Waals surface area contributed by atoms with Gasteiger partial charge in [0.25, 0.3) is 0 Å². The number of carbonyl (C=O) groups excluding carboxylic acids is 1. The first-order valence-electron chi connectivity index (χ1n) is 6.42. The third-order valence-corrected chi connectivity index (χ3v) is 2.51. The molecule has 0 heterocycles. The Labute approximate surface area is 109 Å². The summed E-state index contributed by atoms with van der Waals surface area (Å²) in [5.74, 6) is 0.588. The Morgan fingerprint density at radius 2 is 1.78 bits per heavy atom. The summed E-state index contributed by atoms with van der Waals surface area (Å²) in [7, 11) is 0. The Morgan fingerprint density at radius 1 is 1.17 bits per heavy atom. The number of nitrogens with one attached hydrogen (secondary N) is 1. The molecular weight excluding hydrogens is 224 g/mol. The summed E-state index contributed by atoms with van der Waals surface area (Å²) in [4.78, 5) is 11.6. The second-order valence-electron chi connectivity index (χ2n) is 5.15. The van der Waals surface area contributed by atoms with Gasteiger partial charge < -0.3 is 0 Å². The van der Waals surface area contributed by atoms with Crippen LogP contribution < -0.4 is 5.43 Å². The minimum absolute atomic E-state index is 0.0286. The van der Waals surface area contributed by atoms with Crippen LogP contribution in [0.25, 0.3) is 0 Å². The number of rotatable bonds is 5. The van der Waals surface area contributed by atoms with Crippen molar-refractivity contribution in [2.24, 2.45) is 16.9 Å². The largest absolute Gasteiger partial charge is 0.273 e. The first-order chi connectivity index (χ1) is 8.50. The van der Waals surface area contributed by atoms with E-state index in [2.05, 4.69) is 24.4 Å². The van der Waals surface area contributed by atoms with Gasteiger partial charge in [0.2, 0.25) is 5.91 Å². The highest BCUT2D eigenvalue weighted by molar-refractivity contribution is 6.02. The van der Waals surface area contributed by atoms with Gasteiger partial charge in [0, 0.05) is 6.42 Å². The van der Waals surface area contributed by atoms with Crippen molar-refractivity contribution in [2.75, 3.05) is 0 Å². The van der Waals surface area contributed by atoms with E-state index in [1.165, 1.54) is 0 Å². The molecule has 0 unspecified atom stereocenters. The lowest BCUT2D eigenvalue weighted by Crippen LogP contribution is -2.23. The summed E-state index contributed by atoms with van der Waals surface area (Å²) >= 11 is 0. The van der Waals surface area contributed by atoms with Gasteiger partial charge in [-0.2, -0.15) is 5.10 Å². The predicted molar refractivity (Wildman–Crippen MR) is 75.4 cm³/mol. The molecular formula is C15H22N2O. The van der Waals surface area contributed by atoms with Crippen molar-refractivity contribution >= 4 is 11.6 Å². The molecule has 0 aromatic heterocycles. The van der Waals surface area contributed by atoms with Gasteiger partial charge in [-0.25, -0.2) is 5.43 Å². The molecule has 0 saturated carbocycles. The lowest BCUT2D eigenvalue weighted by molar-refractivity contribution is -0.121. The molecule has 1 N–H and O–H groups in total. The van der Waals surface area contributed by atoms with Gasteiger partial charge in [0.1, 0.15) is 0 Å². The number of hydrogen-bond acceptors (Lipinski definition) is 2. The highest BCUT2D eigenvalue weighted by Crippen LogP contribution is 2.09. The first kappa shape index (κ1) is 14.4. The quantitative estimate of drug-likeness (QED) is 0.629. The number of carbonyl (C=O) groups is 1. The zero-order valence-corrected chi connectivity index (χ0v) is 11.6. The molecule has 0 radical (unpaired) electrons. The number of hydrogen-bond donors (Lipinski definition) is 1. The SMILES string of the molecule is CC(C)CC(=O)NN=C(c1ccccc1)C(C)C. The van der Waals surface area contributed by atoms with Crippen molar-refractivity contribution in [2.45, 2.75) is 34.1 Å². The molecule has 1 aromatic carbocycles. The zero-order valence-electron chi connectivity index (χ0n) is 11.6. The molecule has 98 valence electrons. The lowest BCUT2D eigenvalue weighted by Gasteiger charge is -2.11. The van der Waals surface area contributed by atoms with Crippen molar-refractivity contribution in [1.82, 2.24) is 5.43 Å². The molecule has 3 nitrogen and oxygen atoms in total. The van der Waals surface area contributed by atoms with E-state index in [4.69, 9.17) is 0 Å². The molecule has 0 atom stereocenters. The molecule has 0 saturated heterocycles. The third kappa shape index (κ3) is 4.70. The van der Waals surface area contributed by atoms with E-state index in [-0.39, 0.29) is 11.8 Å². The molecule has 1 aromatic rings. The van der Waals surface area contributed by atoms with Gasteiger partial charge in [-0.3, -0.25) is 4.79 Å². The van der Waals surface area contributed by atoms with Crippen LogP contribution >= 0.6 is 0 Å². The van der Waals surface area contributed by atoms with Gasteiger partial charge in [-0.05, 0) is 17.4 Å². The fourth-order valence-electron chi connectivity index (χ4n) is 1.67. The van der Waals surface area contributed by atoms with Crippen molar-refractivity contribution < 1.29 is 4.79 Å². The molecule has 18 heavy (non-hydrogen) atoms. The summed E-state index contributed by atoms with van der Waals surface area (Å²) in [5.41, 5.74) is 4.61. The van der Waals surface area contributed by atoms with Gasteiger partial charge in [0.15, 0.2) is 0 Å². The predicted octanol–water partition coefficient (Wildman–Crippen LogP) is 3.21. The molecule has 0 fully saturated rings. The van der Waals surface area contributed by atoms with Crippen molar-refractivity contribution in [3.63, 3.8) is 0 Å². The summed E-state index contributed by atoms with van der Waals surface area (Å²) < 4.78 is 0. The lowest BCUT2D eigenvalue weighted by atomic mass is 10.0. The molecule has 0 bridgehead atoms. The first-order valence-corrected chi connectivity index (χ1v) is 6.42. The molecule has 0 spiro atoms. The van der Waals surface area contributed by atoms with Crippen LogP contribution in [0, 0.1) is 11.8 Å². The standard InChI is InChI=1S/C15H22N2O/c1-11(2)10-14(18)16-17-15(12(3)4)13-8-6-5-7-9-13/h5-9,11-12H,10H2,1-4H3,(H,16,18). The molecule has 3 heteroatoms. The van der Waals surface area contributed by atoms with Gasteiger partial charge in [-0.1, -0.05) is 58.0 Å². The number of amides is 1. The highest BCUT2D eigenvalue weighted by atomic mass is 16.2. The van der Waals surface area contributed by atoms with Gasteiger partial charge >= 0.3 is 0 Å². The fourth-order valence-corrected chi connectivity index (χ4v) is 1.67. The Hall–Kier alpha value is -1.64. The maximum absolute atomic E-state index is 11.6. The van der Waals surface area contributed by atoms with Crippen LogP contribution in [0.15, 0.2) is 35.4 Å². The van der Waals surface area contributed by atoms with Crippen LogP contribution in [0.5, 0.6) is 0 Å². The van der Waals surface area contributed by atoms with E-state index >= 15 is 0 Å². The molecule has 0 aliphatic carbocycles. The van der Waals surface area contributed by atoms with Crippen molar-refractivity contribution in [1.29, 1.82) is 0 Å². The van der Waals surface area contributed by atoms with E-state index in [0.717, 1.165) is 11.3 Å². The number of nitrogens with zero attached hydrogens (tertiary/aromatic N) is 1. The molecule has 0 aliphatic rings. The second-order valence-corrected chi connectivity index (χ2v) is 5.15. The highest BCUT2D eigenvalue weighted by Gasteiger charge is 2.09. The molecule has 1 amide bonds. The topological polar surface area (TPSA) is 41.5 Å². The Kier molecular flexibility index (Phi) is 5.56. The Balaban J connectivity index is 2.77. The van der Waals surface area contributed by atoms with E-state index < -0.39 is 0 Å². The Bertz CT molecular complexity index is 408. The summed E-state index contributed by atoms with van der Waals surface area (Å²) in [6.07, 6.45) is 0.504. The van der Waals surface area contributed by atoms with E-state index in [1.54, 1.807) is 0 Å².